The Balaban J connectivity index is 2.10. The van der Waals surface area contributed by atoms with Crippen LogP contribution in [-0.4, -0.2) is 15.6 Å². The molecule has 0 amide bonds. The average Bonchev–Trinajstić information content (AvgIpc) is 2.93. The zero-order valence-electron chi connectivity index (χ0n) is 9.25. The van der Waals surface area contributed by atoms with Gasteiger partial charge in [-0.1, -0.05) is 18.2 Å². The predicted octanol–water partition coefficient (Wildman–Crippen LogP) is 2.87. The van der Waals surface area contributed by atoms with Crippen molar-refractivity contribution in [3.8, 4) is 0 Å². The van der Waals surface area contributed by atoms with Crippen LogP contribution in [0.4, 0.5) is 0 Å². The number of thiophene rings is 1. The van der Waals surface area contributed by atoms with Gasteiger partial charge in [-0.3, -0.25) is 9.48 Å². The van der Waals surface area contributed by atoms with Crippen LogP contribution < -0.4 is 0 Å². The molecule has 0 N–H and O–H groups in total. The molecule has 3 nitrogen and oxygen atoms in total. The van der Waals surface area contributed by atoms with E-state index < -0.39 is 0 Å². The van der Waals surface area contributed by atoms with Crippen molar-refractivity contribution in [3.63, 3.8) is 0 Å². The van der Waals surface area contributed by atoms with Crippen LogP contribution in [0.25, 0.3) is 10.1 Å². The number of rotatable bonds is 2. The topological polar surface area (TPSA) is 34.9 Å². The van der Waals surface area contributed by atoms with E-state index in [0.717, 1.165) is 15.0 Å². The Morgan fingerprint density at radius 2 is 2.12 bits per heavy atom. The van der Waals surface area contributed by atoms with E-state index in [4.69, 9.17) is 0 Å². The van der Waals surface area contributed by atoms with E-state index in [1.54, 1.807) is 24.0 Å². The molecule has 84 valence electrons. The molecule has 4 heteroatoms. The highest BCUT2D eigenvalue weighted by atomic mass is 32.1. The summed E-state index contributed by atoms with van der Waals surface area (Å²) in [6, 6.07) is 11.7. The van der Waals surface area contributed by atoms with Crippen LogP contribution in [0.5, 0.6) is 0 Å². The number of aryl methyl sites for hydroxylation is 1. The van der Waals surface area contributed by atoms with Gasteiger partial charge >= 0.3 is 0 Å². The quantitative estimate of drug-likeness (QED) is 0.648. The van der Waals surface area contributed by atoms with E-state index in [-0.39, 0.29) is 5.78 Å². The minimum absolute atomic E-state index is 0.0335. The number of hydrogen-bond acceptors (Lipinski definition) is 3. The number of ketones is 1. The summed E-state index contributed by atoms with van der Waals surface area (Å²) in [5.41, 5.74) is 0.622. The van der Waals surface area contributed by atoms with Crippen molar-refractivity contribution in [2.45, 2.75) is 0 Å². The SMILES string of the molecule is Cn1nccc1C(=O)c1cc2ccccc2s1. The van der Waals surface area contributed by atoms with Crippen LogP contribution in [0, 0.1) is 0 Å². The van der Waals surface area contributed by atoms with E-state index in [2.05, 4.69) is 5.10 Å². The number of benzene rings is 1. The van der Waals surface area contributed by atoms with E-state index in [0.29, 0.717) is 5.69 Å². The van der Waals surface area contributed by atoms with Crippen molar-refractivity contribution >= 4 is 27.2 Å². The minimum atomic E-state index is 0.0335. The molecular weight excluding hydrogens is 232 g/mol. The fraction of sp³-hybridized carbons (Fsp3) is 0.0769. The normalized spacial score (nSPS) is 10.9. The maximum Gasteiger partial charge on any atom is 0.220 e. The molecule has 1 aromatic carbocycles. The molecule has 17 heavy (non-hydrogen) atoms. The van der Waals surface area contributed by atoms with Crippen molar-refractivity contribution in [2.24, 2.45) is 7.05 Å². The van der Waals surface area contributed by atoms with Gasteiger partial charge in [-0.2, -0.15) is 5.10 Å². The Kier molecular flexibility index (Phi) is 2.30. The largest absolute Gasteiger partial charge is 0.286 e. The van der Waals surface area contributed by atoms with Gasteiger partial charge in [0.15, 0.2) is 0 Å². The summed E-state index contributed by atoms with van der Waals surface area (Å²) >= 11 is 1.52. The first-order chi connectivity index (χ1) is 8.25. The third-order valence-corrected chi connectivity index (χ3v) is 3.82. The number of fused-ring (bicyclic) bond motifs is 1. The molecule has 2 aromatic heterocycles. The van der Waals surface area contributed by atoms with Crippen molar-refractivity contribution in [1.29, 1.82) is 0 Å². The molecule has 0 spiro atoms. The highest BCUT2D eigenvalue weighted by Crippen LogP contribution is 2.26. The standard InChI is InChI=1S/C13H10N2OS/c1-15-10(6-7-14-15)13(16)12-8-9-4-2-3-5-11(9)17-12/h2-8H,1H3. The first-order valence-electron chi connectivity index (χ1n) is 5.27. The van der Waals surface area contributed by atoms with Gasteiger partial charge < -0.3 is 0 Å². The molecule has 3 aromatic rings. The summed E-state index contributed by atoms with van der Waals surface area (Å²) in [4.78, 5) is 13.0. The molecule has 0 aliphatic carbocycles. The summed E-state index contributed by atoms with van der Waals surface area (Å²) in [6.45, 7) is 0. The fourth-order valence-corrected chi connectivity index (χ4v) is 2.83. The first kappa shape index (κ1) is 10.2. The fourth-order valence-electron chi connectivity index (χ4n) is 1.82. The van der Waals surface area contributed by atoms with Crippen LogP contribution in [-0.2, 0) is 7.05 Å². The molecule has 0 saturated heterocycles. The molecule has 0 atom stereocenters. The Morgan fingerprint density at radius 1 is 1.29 bits per heavy atom. The first-order valence-corrected chi connectivity index (χ1v) is 6.08. The maximum atomic E-state index is 12.2. The zero-order chi connectivity index (χ0) is 11.8. The summed E-state index contributed by atoms with van der Waals surface area (Å²) in [7, 11) is 1.78. The molecule has 3 rings (SSSR count). The van der Waals surface area contributed by atoms with Crippen LogP contribution in [0.3, 0.4) is 0 Å². The van der Waals surface area contributed by atoms with Gasteiger partial charge in [-0.25, -0.2) is 0 Å². The maximum absolute atomic E-state index is 12.2. The van der Waals surface area contributed by atoms with Crippen molar-refractivity contribution < 1.29 is 4.79 Å². The predicted molar refractivity (Wildman–Crippen MR) is 68.5 cm³/mol. The number of carbonyl (C=O) groups is 1. The average molecular weight is 242 g/mol. The number of nitrogens with zero attached hydrogens (tertiary/aromatic N) is 2. The molecule has 0 unspecified atom stereocenters. The molecule has 0 aliphatic heterocycles. The van der Waals surface area contributed by atoms with Gasteiger partial charge in [0.25, 0.3) is 0 Å². The molecule has 0 fully saturated rings. The van der Waals surface area contributed by atoms with Gasteiger partial charge in [0.1, 0.15) is 5.69 Å². The second-order valence-electron chi connectivity index (χ2n) is 3.82. The Bertz CT molecular complexity index is 663. The van der Waals surface area contributed by atoms with E-state index in [9.17, 15) is 4.79 Å². The van der Waals surface area contributed by atoms with Gasteiger partial charge in [0, 0.05) is 17.9 Å². The molecular formula is C13H10N2OS. The van der Waals surface area contributed by atoms with Gasteiger partial charge in [-0.05, 0) is 23.6 Å². The Labute approximate surface area is 102 Å². The van der Waals surface area contributed by atoms with E-state index in [1.807, 2.05) is 30.3 Å². The second kappa shape index (κ2) is 3.82. The zero-order valence-corrected chi connectivity index (χ0v) is 10.1. The highest BCUT2D eigenvalue weighted by molar-refractivity contribution is 7.21. The minimum Gasteiger partial charge on any atom is -0.286 e. The molecule has 0 aliphatic rings. The smallest absolute Gasteiger partial charge is 0.220 e. The van der Waals surface area contributed by atoms with Gasteiger partial charge in [0.05, 0.1) is 4.88 Å². The van der Waals surface area contributed by atoms with Gasteiger partial charge in [0.2, 0.25) is 5.78 Å². The summed E-state index contributed by atoms with van der Waals surface area (Å²) in [6.07, 6.45) is 1.64. The third kappa shape index (κ3) is 1.66. The monoisotopic (exact) mass is 242 g/mol. The number of carbonyl (C=O) groups excluding carboxylic acids is 1. The summed E-state index contributed by atoms with van der Waals surface area (Å²) in [5.74, 6) is 0.0335. The Hall–Kier alpha value is -1.94. The lowest BCUT2D eigenvalue weighted by Crippen LogP contribution is -2.06. The second-order valence-corrected chi connectivity index (χ2v) is 4.90. The third-order valence-electron chi connectivity index (χ3n) is 2.70. The van der Waals surface area contributed by atoms with Crippen molar-refractivity contribution in [1.82, 2.24) is 9.78 Å². The summed E-state index contributed by atoms with van der Waals surface area (Å²) < 4.78 is 2.74. The van der Waals surface area contributed by atoms with Crippen LogP contribution in [0.1, 0.15) is 15.4 Å². The number of aromatic nitrogens is 2. The van der Waals surface area contributed by atoms with Crippen molar-refractivity contribution in [3.05, 3.63) is 53.2 Å². The Morgan fingerprint density at radius 3 is 2.82 bits per heavy atom. The van der Waals surface area contributed by atoms with Gasteiger partial charge in [-0.15, -0.1) is 11.3 Å². The highest BCUT2D eigenvalue weighted by Gasteiger charge is 2.15. The molecule has 2 heterocycles. The van der Waals surface area contributed by atoms with Crippen LogP contribution in [0.2, 0.25) is 0 Å². The lowest BCUT2D eigenvalue weighted by Gasteiger charge is -1.97. The number of hydrogen-bond donors (Lipinski definition) is 0. The molecule has 0 bridgehead atoms. The molecule has 0 saturated carbocycles. The lowest BCUT2D eigenvalue weighted by molar-refractivity contribution is 0.103. The van der Waals surface area contributed by atoms with Crippen LogP contribution >= 0.6 is 11.3 Å². The van der Waals surface area contributed by atoms with E-state index >= 15 is 0 Å². The molecule has 0 radical (unpaired) electrons. The van der Waals surface area contributed by atoms with Crippen molar-refractivity contribution in [2.75, 3.05) is 0 Å². The van der Waals surface area contributed by atoms with E-state index in [1.165, 1.54) is 11.3 Å². The van der Waals surface area contributed by atoms with Crippen LogP contribution in [0.15, 0.2) is 42.6 Å². The lowest BCUT2D eigenvalue weighted by atomic mass is 10.2. The summed E-state index contributed by atoms with van der Waals surface area (Å²) in [5, 5.41) is 5.13.